The molecule has 1 radical (unpaired) electrons. The third-order valence-corrected chi connectivity index (χ3v) is 3.52. The molecule has 2 aliphatic carbocycles. The minimum absolute atomic E-state index is 0.763. The Morgan fingerprint density at radius 1 is 1.46 bits per heavy atom. The van der Waals surface area contributed by atoms with Gasteiger partial charge in [0.05, 0.1) is 0 Å². The predicted molar refractivity (Wildman–Crippen MR) is 57.3 cm³/mol. The lowest BCUT2D eigenvalue weighted by Gasteiger charge is -2.13. The number of hydrogen-bond donors (Lipinski definition) is 0. The second kappa shape index (κ2) is 3.86. The minimum atomic E-state index is 0.763. The Labute approximate surface area is 82.4 Å². The number of rotatable bonds is 4. The van der Waals surface area contributed by atoms with Gasteiger partial charge in [-0.3, -0.25) is 0 Å². The summed E-state index contributed by atoms with van der Waals surface area (Å²) in [7, 11) is 0. The Hall–Kier alpha value is -0.260. The van der Waals surface area contributed by atoms with E-state index in [2.05, 4.69) is 26.3 Å². The summed E-state index contributed by atoms with van der Waals surface area (Å²) in [4.78, 5) is 0. The van der Waals surface area contributed by atoms with Crippen LogP contribution in [0.1, 0.15) is 46.0 Å². The molecule has 2 bridgehead atoms. The van der Waals surface area contributed by atoms with E-state index in [1.165, 1.54) is 32.1 Å². The third kappa shape index (κ3) is 2.15. The Morgan fingerprint density at radius 2 is 2.31 bits per heavy atom. The predicted octanol–water partition coefficient (Wildman–Crippen LogP) is 3.98. The van der Waals surface area contributed by atoms with E-state index in [1.807, 2.05) is 0 Å². The van der Waals surface area contributed by atoms with Crippen LogP contribution in [0.4, 0.5) is 0 Å². The Balaban J connectivity index is 1.74. The van der Waals surface area contributed by atoms with Gasteiger partial charge in [-0.05, 0) is 56.3 Å². The van der Waals surface area contributed by atoms with Gasteiger partial charge in [0.15, 0.2) is 0 Å². The molecule has 0 spiro atoms. The molecule has 0 amide bonds. The quantitative estimate of drug-likeness (QED) is 0.570. The van der Waals surface area contributed by atoms with Crippen molar-refractivity contribution in [3.8, 4) is 0 Å². The first-order valence-corrected chi connectivity index (χ1v) is 5.79. The van der Waals surface area contributed by atoms with E-state index in [0.29, 0.717) is 0 Å². The van der Waals surface area contributed by atoms with Gasteiger partial charge < -0.3 is 0 Å². The van der Waals surface area contributed by atoms with Crippen molar-refractivity contribution in [3.05, 3.63) is 18.1 Å². The monoisotopic (exact) mass is 177 g/mol. The smallest absolute Gasteiger partial charge is 0.0197 e. The molecule has 2 atom stereocenters. The van der Waals surface area contributed by atoms with Crippen LogP contribution in [0.5, 0.6) is 0 Å². The highest BCUT2D eigenvalue weighted by Gasteiger charge is 2.31. The number of allylic oxidation sites excluding steroid dienone is 2. The summed E-state index contributed by atoms with van der Waals surface area (Å²) in [5.74, 6) is 2.73. The second-order valence-corrected chi connectivity index (χ2v) is 5.03. The Kier molecular flexibility index (Phi) is 2.76. The molecule has 0 nitrogen and oxygen atoms in total. The topological polar surface area (TPSA) is 0 Å². The molecule has 1 saturated carbocycles. The van der Waals surface area contributed by atoms with Crippen LogP contribution in [-0.2, 0) is 0 Å². The molecule has 0 aromatic carbocycles. The fourth-order valence-corrected chi connectivity index (χ4v) is 2.81. The molecule has 0 aromatic heterocycles. The van der Waals surface area contributed by atoms with Gasteiger partial charge >= 0.3 is 0 Å². The zero-order chi connectivity index (χ0) is 9.26. The normalized spacial score (nSPS) is 31.5. The molecule has 0 aliphatic heterocycles. The fourth-order valence-electron chi connectivity index (χ4n) is 2.81. The SMILES string of the molecule is CC(C)[CH]CCC1=CC2CCC1C2. The average Bonchev–Trinajstić information content (AvgIpc) is 2.64. The van der Waals surface area contributed by atoms with E-state index in [0.717, 1.165) is 17.8 Å². The van der Waals surface area contributed by atoms with Gasteiger partial charge in [-0.2, -0.15) is 0 Å². The summed E-state index contributed by atoms with van der Waals surface area (Å²) in [5, 5.41) is 0. The van der Waals surface area contributed by atoms with Crippen LogP contribution in [0, 0.1) is 24.2 Å². The number of fused-ring (bicyclic) bond motifs is 2. The maximum Gasteiger partial charge on any atom is -0.0197 e. The first kappa shape index (κ1) is 9.30. The Bertz CT molecular complexity index is 200. The molecule has 13 heavy (non-hydrogen) atoms. The van der Waals surface area contributed by atoms with Crippen LogP contribution in [0.2, 0.25) is 0 Å². The summed E-state index contributed by atoms with van der Waals surface area (Å²) < 4.78 is 0. The molecule has 2 unspecified atom stereocenters. The van der Waals surface area contributed by atoms with E-state index >= 15 is 0 Å². The van der Waals surface area contributed by atoms with Crippen molar-refractivity contribution >= 4 is 0 Å². The summed E-state index contributed by atoms with van der Waals surface area (Å²) in [6, 6.07) is 0. The standard InChI is InChI=1S/C13H21/c1-10(2)4-3-5-12-8-11-6-7-13(12)9-11/h4,8,10-11,13H,3,5-7,9H2,1-2H3. The maximum absolute atomic E-state index is 2.57. The summed E-state index contributed by atoms with van der Waals surface area (Å²) in [6.07, 6.45) is 12.1. The first-order valence-electron chi connectivity index (χ1n) is 5.79. The lowest BCUT2D eigenvalue weighted by Crippen LogP contribution is -1.98. The summed E-state index contributed by atoms with van der Waals surface area (Å²) in [5.41, 5.74) is 1.79. The van der Waals surface area contributed by atoms with Crippen LogP contribution < -0.4 is 0 Å². The van der Waals surface area contributed by atoms with E-state index < -0.39 is 0 Å². The van der Waals surface area contributed by atoms with Crippen LogP contribution >= 0.6 is 0 Å². The van der Waals surface area contributed by atoms with E-state index in [4.69, 9.17) is 0 Å². The van der Waals surface area contributed by atoms with Gasteiger partial charge in [0.1, 0.15) is 0 Å². The van der Waals surface area contributed by atoms with Crippen molar-refractivity contribution in [2.24, 2.45) is 17.8 Å². The van der Waals surface area contributed by atoms with Crippen molar-refractivity contribution in [3.63, 3.8) is 0 Å². The molecule has 0 saturated heterocycles. The fraction of sp³-hybridized carbons (Fsp3) is 0.769. The number of hydrogen-bond acceptors (Lipinski definition) is 0. The molecule has 0 heteroatoms. The van der Waals surface area contributed by atoms with E-state index in [1.54, 1.807) is 5.57 Å². The first-order chi connectivity index (χ1) is 6.25. The van der Waals surface area contributed by atoms with Crippen molar-refractivity contribution in [1.29, 1.82) is 0 Å². The average molecular weight is 177 g/mol. The molecule has 0 heterocycles. The van der Waals surface area contributed by atoms with Gasteiger partial charge in [0.2, 0.25) is 0 Å². The van der Waals surface area contributed by atoms with Crippen LogP contribution in [0.15, 0.2) is 11.6 Å². The zero-order valence-corrected chi connectivity index (χ0v) is 8.92. The highest BCUT2D eigenvalue weighted by Crippen LogP contribution is 2.45. The molecule has 0 aromatic rings. The highest BCUT2D eigenvalue weighted by molar-refractivity contribution is 5.19. The zero-order valence-electron chi connectivity index (χ0n) is 8.92. The van der Waals surface area contributed by atoms with Crippen molar-refractivity contribution in [2.75, 3.05) is 0 Å². The molecule has 73 valence electrons. The van der Waals surface area contributed by atoms with E-state index in [-0.39, 0.29) is 0 Å². The molecular weight excluding hydrogens is 156 g/mol. The highest BCUT2D eigenvalue weighted by atomic mass is 14.4. The lowest BCUT2D eigenvalue weighted by molar-refractivity contribution is 0.608. The largest absolute Gasteiger partial charge is 0.0819 e. The van der Waals surface area contributed by atoms with Gasteiger partial charge in [-0.25, -0.2) is 0 Å². The molecular formula is C13H21. The molecule has 2 aliphatic rings. The molecule has 2 rings (SSSR count). The van der Waals surface area contributed by atoms with Crippen molar-refractivity contribution in [1.82, 2.24) is 0 Å². The molecule has 0 N–H and O–H groups in total. The minimum Gasteiger partial charge on any atom is -0.0819 e. The molecule has 1 fully saturated rings. The van der Waals surface area contributed by atoms with Gasteiger partial charge in [-0.1, -0.05) is 25.5 Å². The maximum atomic E-state index is 2.57. The van der Waals surface area contributed by atoms with Gasteiger partial charge in [0.25, 0.3) is 0 Å². The summed E-state index contributed by atoms with van der Waals surface area (Å²) >= 11 is 0. The third-order valence-electron chi connectivity index (χ3n) is 3.52. The van der Waals surface area contributed by atoms with Crippen LogP contribution in [-0.4, -0.2) is 0 Å². The van der Waals surface area contributed by atoms with Gasteiger partial charge in [0, 0.05) is 0 Å². The second-order valence-electron chi connectivity index (χ2n) is 5.03. The lowest BCUT2D eigenvalue weighted by atomic mass is 9.93. The van der Waals surface area contributed by atoms with Crippen molar-refractivity contribution < 1.29 is 0 Å². The van der Waals surface area contributed by atoms with Crippen LogP contribution in [0.3, 0.4) is 0 Å². The van der Waals surface area contributed by atoms with Crippen molar-refractivity contribution in [2.45, 2.75) is 46.0 Å². The van der Waals surface area contributed by atoms with Gasteiger partial charge in [-0.15, -0.1) is 0 Å². The van der Waals surface area contributed by atoms with Crippen LogP contribution in [0.25, 0.3) is 0 Å². The van der Waals surface area contributed by atoms with E-state index in [9.17, 15) is 0 Å². The summed E-state index contributed by atoms with van der Waals surface area (Å²) in [6.45, 7) is 4.55. The Morgan fingerprint density at radius 3 is 2.85 bits per heavy atom.